The van der Waals surface area contributed by atoms with Gasteiger partial charge in [0.15, 0.2) is 12.6 Å². The van der Waals surface area contributed by atoms with E-state index in [0.29, 0.717) is 11.4 Å². The Kier molecular flexibility index (Phi) is 3.75. The minimum atomic E-state index is -0.291. The zero-order valence-electron chi connectivity index (χ0n) is 12.4. The first-order chi connectivity index (χ1) is 9.49. The van der Waals surface area contributed by atoms with Gasteiger partial charge in [0, 0.05) is 5.41 Å². The van der Waals surface area contributed by atoms with Gasteiger partial charge in [-0.1, -0.05) is 27.7 Å². The van der Waals surface area contributed by atoms with Crippen LogP contribution in [0, 0.1) is 5.41 Å². The highest BCUT2D eigenvalue weighted by atomic mass is 16.1. The first-order valence-electron chi connectivity index (χ1n) is 6.94. The Morgan fingerprint density at radius 2 is 1.90 bits per heavy atom. The lowest BCUT2D eigenvalue weighted by molar-refractivity contribution is -0.105. The van der Waals surface area contributed by atoms with E-state index >= 15 is 0 Å². The predicted octanol–water partition coefficient (Wildman–Crippen LogP) is 3.08. The third-order valence-corrected chi connectivity index (χ3v) is 4.04. The number of hydrogen-bond acceptors (Lipinski definition) is 3. The molecule has 0 saturated heterocycles. The first-order valence-corrected chi connectivity index (χ1v) is 6.94. The summed E-state index contributed by atoms with van der Waals surface area (Å²) in [7, 11) is 0. The van der Waals surface area contributed by atoms with Gasteiger partial charge in [-0.05, 0) is 30.0 Å². The Hall–Kier alpha value is -1.97. The predicted molar refractivity (Wildman–Crippen MR) is 79.3 cm³/mol. The van der Waals surface area contributed by atoms with Crippen molar-refractivity contribution in [2.75, 3.05) is 0 Å². The lowest BCUT2D eigenvalue weighted by Gasteiger charge is -2.23. The van der Waals surface area contributed by atoms with Crippen LogP contribution in [0.25, 0.3) is 0 Å². The van der Waals surface area contributed by atoms with Gasteiger partial charge in [0.2, 0.25) is 0 Å². The second-order valence-electron chi connectivity index (χ2n) is 5.51. The fourth-order valence-corrected chi connectivity index (χ4v) is 2.95. The summed E-state index contributed by atoms with van der Waals surface area (Å²) in [6.07, 6.45) is 3.22. The molecule has 0 unspecified atom stereocenters. The van der Waals surface area contributed by atoms with E-state index in [2.05, 4.69) is 23.8 Å². The van der Waals surface area contributed by atoms with Crippen molar-refractivity contribution in [3.63, 3.8) is 0 Å². The molecular weight excluding hydrogens is 252 g/mol. The van der Waals surface area contributed by atoms with Gasteiger partial charge in [0.1, 0.15) is 5.70 Å². The second-order valence-corrected chi connectivity index (χ2v) is 5.51. The van der Waals surface area contributed by atoms with Crippen LogP contribution in [0.15, 0.2) is 22.3 Å². The smallest absolute Gasteiger partial charge is 0.168 e. The van der Waals surface area contributed by atoms with Crippen LogP contribution in [-0.2, 0) is 11.2 Å². The van der Waals surface area contributed by atoms with Gasteiger partial charge in [-0.15, -0.1) is 0 Å². The monoisotopic (exact) mass is 272 g/mol. The van der Waals surface area contributed by atoms with Gasteiger partial charge in [-0.3, -0.25) is 9.59 Å². The number of nitrogens with zero attached hydrogens (tertiary/aromatic N) is 1. The number of rotatable bonds is 5. The third-order valence-electron chi connectivity index (χ3n) is 4.04. The number of aromatic amines is 1. The molecule has 106 valence electrons. The molecule has 1 aromatic rings. The van der Waals surface area contributed by atoms with Gasteiger partial charge in [0.05, 0.1) is 17.1 Å². The minimum absolute atomic E-state index is 0.291. The maximum Gasteiger partial charge on any atom is 0.168 e. The average molecular weight is 272 g/mol. The van der Waals surface area contributed by atoms with Gasteiger partial charge < -0.3 is 4.98 Å². The van der Waals surface area contributed by atoms with Crippen molar-refractivity contribution in [3.05, 3.63) is 34.3 Å². The molecule has 0 aromatic carbocycles. The Morgan fingerprint density at radius 1 is 1.20 bits per heavy atom. The van der Waals surface area contributed by atoms with Crippen molar-refractivity contribution in [2.45, 2.75) is 40.5 Å². The van der Waals surface area contributed by atoms with E-state index < -0.39 is 0 Å². The van der Waals surface area contributed by atoms with E-state index in [-0.39, 0.29) is 5.41 Å². The lowest BCUT2D eigenvalue weighted by Crippen LogP contribution is -2.24. The summed E-state index contributed by atoms with van der Waals surface area (Å²) in [5, 5.41) is 0. The van der Waals surface area contributed by atoms with Crippen molar-refractivity contribution >= 4 is 18.3 Å². The molecule has 1 aliphatic heterocycles. The van der Waals surface area contributed by atoms with Crippen LogP contribution < -0.4 is 0 Å². The number of carbonyl (C=O) groups excluding carboxylic acids is 2. The van der Waals surface area contributed by atoms with Crippen LogP contribution in [0.2, 0.25) is 0 Å². The quantitative estimate of drug-likeness (QED) is 0.837. The van der Waals surface area contributed by atoms with E-state index in [1.54, 1.807) is 0 Å². The van der Waals surface area contributed by atoms with Crippen molar-refractivity contribution in [2.24, 2.45) is 10.4 Å². The van der Waals surface area contributed by atoms with E-state index in [0.717, 1.165) is 48.0 Å². The molecule has 0 aliphatic carbocycles. The number of aromatic nitrogens is 1. The highest BCUT2D eigenvalue weighted by Crippen LogP contribution is 2.40. The van der Waals surface area contributed by atoms with Crippen LogP contribution >= 0.6 is 0 Å². The molecular formula is C16H20N2O2. The van der Waals surface area contributed by atoms with Gasteiger partial charge in [0.25, 0.3) is 0 Å². The number of aliphatic imine (C=N–C) groups is 1. The second kappa shape index (κ2) is 5.19. The Bertz CT molecular complexity index is 618. The van der Waals surface area contributed by atoms with E-state index in [4.69, 9.17) is 0 Å². The molecule has 0 spiro atoms. The van der Waals surface area contributed by atoms with Crippen LogP contribution in [-0.4, -0.2) is 23.3 Å². The largest absolute Gasteiger partial charge is 0.351 e. The molecule has 0 amide bonds. The van der Waals surface area contributed by atoms with E-state index in [1.807, 2.05) is 19.9 Å². The number of nitrogens with one attached hydrogen (secondary N) is 1. The SMILES string of the molecule is CCC1=C(C=O)N=C(c2cc(CC)c(C=O)[nH]2)C1(C)C. The van der Waals surface area contributed by atoms with Crippen molar-refractivity contribution in [3.8, 4) is 0 Å². The Labute approximate surface area is 119 Å². The standard InChI is InChI=1S/C16H20N2O2/c1-5-10-7-12(17-13(10)8-19)15-16(3,4)11(6-2)14(9-20)18-15/h7-9,17H,5-6H2,1-4H3. The summed E-state index contributed by atoms with van der Waals surface area (Å²) < 4.78 is 0. The van der Waals surface area contributed by atoms with Crippen LogP contribution in [0.1, 0.15) is 55.9 Å². The maximum absolute atomic E-state index is 11.2. The van der Waals surface area contributed by atoms with Crippen molar-refractivity contribution < 1.29 is 9.59 Å². The molecule has 0 atom stereocenters. The summed E-state index contributed by atoms with van der Waals surface area (Å²) in [5.41, 5.74) is 4.51. The van der Waals surface area contributed by atoms with Gasteiger partial charge in [-0.25, -0.2) is 4.99 Å². The fraction of sp³-hybridized carbons (Fsp3) is 0.438. The van der Waals surface area contributed by atoms with Crippen LogP contribution in [0.3, 0.4) is 0 Å². The van der Waals surface area contributed by atoms with Gasteiger partial charge >= 0.3 is 0 Å². The molecule has 0 bridgehead atoms. The zero-order valence-corrected chi connectivity index (χ0v) is 12.4. The average Bonchev–Trinajstić information content (AvgIpc) is 2.95. The Morgan fingerprint density at radius 3 is 2.30 bits per heavy atom. The normalized spacial score (nSPS) is 17.3. The summed E-state index contributed by atoms with van der Waals surface area (Å²) in [6.45, 7) is 8.17. The summed E-state index contributed by atoms with van der Waals surface area (Å²) in [5.74, 6) is 0. The topological polar surface area (TPSA) is 62.3 Å². The summed E-state index contributed by atoms with van der Waals surface area (Å²) in [4.78, 5) is 29.9. The molecule has 0 fully saturated rings. The fourth-order valence-electron chi connectivity index (χ4n) is 2.95. The molecule has 4 heteroatoms. The first kappa shape index (κ1) is 14.4. The molecule has 0 saturated carbocycles. The number of carbonyl (C=O) groups is 2. The molecule has 1 aliphatic rings. The summed E-state index contributed by atoms with van der Waals surface area (Å²) >= 11 is 0. The van der Waals surface area contributed by atoms with Crippen molar-refractivity contribution in [1.82, 2.24) is 4.98 Å². The van der Waals surface area contributed by atoms with E-state index in [1.165, 1.54) is 0 Å². The summed E-state index contributed by atoms with van der Waals surface area (Å²) in [6, 6.07) is 1.96. The maximum atomic E-state index is 11.2. The number of allylic oxidation sites excluding steroid dienone is 2. The van der Waals surface area contributed by atoms with Crippen molar-refractivity contribution in [1.29, 1.82) is 0 Å². The molecule has 20 heavy (non-hydrogen) atoms. The Balaban J connectivity index is 2.52. The van der Waals surface area contributed by atoms with Gasteiger partial charge in [-0.2, -0.15) is 0 Å². The third kappa shape index (κ3) is 2.05. The highest BCUT2D eigenvalue weighted by Gasteiger charge is 2.37. The molecule has 1 aromatic heterocycles. The zero-order chi connectivity index (χ0) is 14.9. The minimum Gasteiger partial charge on any atom is -0.351 e. The molecule has 1 N–H and O–H groups in total. The molecule has 0 radical (unpaired) electrons. The molecule has 2 rings (SSSR count). The van der Waals surface area contributed by atoms with Crippen LogP contribution in [0.4, 0.5) is 0 Å². The van der Waals surface area contributed by atoms with Crippen LogP contribution in [0.5, 0.6) is 0 Å². The number of aldehydes is 2. The number of H-pyrrole nitrogens is 1. The molecule has 2 heterocycles. The lowest BCUT2D eigenvalue weighted by atomic mass is 9.78. The number of aryl methyl sites for hydroxylation is 1. The molecule has 4 nitrogen and oxygen atoms in total. The highest BCUT2D eigenvalue weighted by molar-refractivity contribution is 6.10. The number of hydrogen-bond donors (Lipinski definition) is 1. The van der Waals surface area contributed by atoms with E-state index in [9.17, 15) is 9.59 Å².